The summed E-state index contributed by atoms with van der Waals surface area (Å²) in [6.07, 6.45) is 0. The van der Waals surface area contributed by atoms with Gasteiger partial charge in [-0.25, -0.2) is 18.1 Å². The molecule has 0 bridgehead atoms. The Labute approximate surface area is 139 Å². The number of hydrogen-bond acceptors (Lipinski definition) is 6. The van der Waals surface area contributed by atoms with E-state index in [-0.39, 0.29) is 12.2 Å². The summed E-state index contributed by atoms with van der Waals surface area (Å²) in [6, 6.07) is 6.71. The Hall–Kier alpha value is -1.77. The number of methoxy groups -OCH3 is 1. The topological polar surface area (TPSA) is 85.4 Å². The van der Waals surface area contributed by atoms with E-state index in [9.17, 15) is 13.2 Å². The van der Waals surface area contributed by atoms with E-state index in [0.29, 0.717) is 0 Å². The number of nitrogens with zero attached hydrogens (tertiary/aromatic N) is 1. The van der Waals surface area contributed by atoms with Crippen LogP contribution in [-0.4, -0.2) is 38.3 Å². The number of thiazole rings is 1. The smallest absolute Gasteiger partial charge is 0.264 e. The van der Waals surface area contributed by atoms with Crippen LogP contribution in [0.3, 0.4) is 0 Å². The van der Waals surface area contributed by atoms with Crippen LogP contribution >= 0.6 is 11.3 Å². The highest BCUT2D eigenvalue weighted by Crippen LogP contribution is 2.22. The van der Waals surface area contributed by atoms with Crippen molar-refractivity contribution >= 4 is 27.3 Å². The molecule has 0 saturated heterocycles. The summed E-state index contributed by atoms with van der Waals surface area (Å²) in [5.41, 5.74) is 1.79. The van der Waals surface area contributed by atoms with Crippen molar-refractivity contribution in [3.05, 3.63) is 40.2 Å². The first-order valence-electron chi connectivity index (χ1n) is 6.91. The van der Waals surface area contributed by atoms with Gasteiger partial charge in [-0.1, -0.05) is 12.1 Å². The molecule has 0 aliphatic carbocycles. The van der Waals surface area contributed by atoms with Gasteiger partial charge in [0.25, 0.3) is 5.91 Å². The fraction of sp³-hybridized carbons (Fsp3) is 0.333. The molecule has 1 N–H and O–H groups in total. The van der Waals surface area contributed by atoms with E-state index in [1.165, 1.54) is 25.4 Å². The average molecular weight is 354 g/mol. The van der Waals surface area contributed by atoms with Crippen LogP contribution in [-0.2, 0) is 14.8 Å². The summed E-state index contributed by atoms with van der Waals surface area (Å²) >= 11 is 1.51. The molecule has 0 spiro atoms. The summed E-state index contributed by atoms with van der Waals surface area (Å²) in [6.45, 7) is 3.39. The fourth-order valence-electron chi connectivity index (χ4n) is 1.93. The second kappa shape index (κ2) is 7.20. The summed E-state index contributed by atoms with van der Waals surface area (Å²) in [4.78, 5) is 16.6. The Morgan fingerprint density at radius 3 is 2.78 bits per heavy atom. The Balaban J connectivity index is 2.20. The van der Waals surface area contributed by atoms with Crippen LogP contribution < -0.4 is 4.72 Å². The molecule has 1 heterocycles. The molecule has 1 aromatic carbocycles. The molecule has 1 atom stereocenters. The number of rotatable bonds is 6. The number of nitrogens with one attached hydrogen (secondary N) is 1. The average Bonchev–Trinajstić information content (AvgIpc) is 2.94. The monoisotopic (exact) mass is 354 g/mol. The molecule has 6 nitrogen and oxygen atoms in total. The Bertz CT molecular complexity index is 799. The van der Waals surface area contributed by atoms with Crippen LogP contribution in [0.1, 0.15) is 22.3 Å². The lowest BCUT2D eigenvalue weighted by molar-refractivity contribution is 0.0980. The molecule has 23 heavy (non-hydrogen) atoms. The highest BCUT2D eigenvalue weighted by molar-refractivity contribution is 7.90. The summed E-state index contributed by atoms with van der Waals surface area (Å²) in [5, 5.41) is 2.00. The van der Waals surface area contributed by atoms with Crippen molar-refractivity contribution in [3.63, 3.8) is 0 Å². The van der Waals surface area contributed by atoms with E-state index in [0.717, 1.165) is 16.3 Å². The maximum atomic E-state index is 12.2. The maximum Gasteiger partial charge on any atom is 0.264 e. The maximum absolute atomic E-state index is 12.2. The van der Waals surface area contributed by atoms with E-state index in [4.69, 9.17) is 4.74 Å². The van der Waals surface area contributed by atoms with Gasteiger partial charge in [0.2, 0.25) is 10.0 Å². The molecule has 2 rings (SSSR count). The number of sulfonamides is 1. The molecule has 0 unspecified atom stereocenters. The van der Waals surface area contributed by atoms with E-state index in [1.807, 2.05) is 18.4 Å². The molecule has 1 aromatic heterocycles. The largest absolute Gasteiger partial charge is 0.383 e. The number of benzene rings is 1. The molecule has 0 radical (unpaired) electrons. The van der Waals surface area contributed by atoms with Crippen molar-refractivity contribution in [2.75, 3.05) is 13.7 Å². The third-order valence-corrected chi connectivity index (χ3v) is 5.64. The first-order valence-corrected chi connectivity index (χ1v) is 9.33. The van der Waals surface area contributed by atoms with Gasteiger partial charge < -0.3 is 4.74 Å². The van der Waals surface area contributed by atoms with Crippen molar-refractivity contribution < 1.29 is 17.9 Å². The van der Waals surface area contributed by atoms with Crippen molar-refractivity contribution in [2.24, 2.45) is 0 Å². The van der Waals surface area contributed by atoms with Gasteiger partial charge in [0.1, 0.15) is 5.25 Å². The zero-order chi connectivity index (χ0) is 17.0. The van der Waals surface area contributed by atoms with E-state index >= 15 is 0 Å². The zero-order valence-electron chi connectivity index (χ0n) is 13.1. The van der Waals surface area contributed by atoms with Gasteiger partial charge in [0.05, 0.1) is 17.3 Å². The molecule has 0 aliphatic rings. The van der Waals surface area contributed by atoms with Gasteiger partial charge in [-0.3, -0.25) is 4.79 Å². The Morgan fingerprint density at radius 1 is 1.43 bits per heavy atom. The predicted octanol–water partition coefficient (Wildman–Crippen LogP) is 2.21. The Kier molecular flexibility index (Phi) is 5.51. The lowest BCUT2D eigenvalue weighted by Gasteiger charge is -2.13. The lowest BCUT2D eigenvalue weighted by atomic mass is 10.1. The quantitative estimate of drug-likeness (QED) is 0.860. The van der Waals surface area contributed by atoms with Gasteiger partial charge in [0, 0.05) is 23.6 Å². The minimum atomic E-state index is -3.78. The summed E-state index contributed by atoms with van der Waals surface area (Å²) in [7, 11) is -2.37. The molecule has 1 amide bonds. The second-order valence-electron chi connectivity index (χ2n) is 5.07. The Morgan fingerprint density at radius 2 is 2.17 bits per heavy atom. The van der Waals surface area contributed by atoms with Gasteiger partial charge in [0.15, 0.2) is 0 Å². The first-order chi connectivity index (χ1) is 10.8. The third-order valence-electron chi connectivity index (χ3n) is 3.21. The molecule has 124 valence electrons. The van der Waals surface area contributed by atoms with Crippen LogP contribution in [0.2, 0.25) is 0 Å². The predicted molar refractivity (Wildman–Crippen MR) is 90.0 cm³/mol. The lowest BCUT2D eigenvalue weighted by Crippen LogP contribution is -2.39. The van der Waals surface area contributed by atoms with Crippen molar-refractivity contribution in [1.82, 2.24) is 9.71 Å². The fourth-order valence-corrected chi connectivity index (χ4v) is 3.44. The van der Waals surface area contributed by atoms with Gasteiger partial charge in [-0.05, 0) is 26.0 Å². The first kappa shape index (κ1) is 17.6. The van der Waals surface area contributed by atoms with Crippen molar-refractivity contribution in [3.8, 4) is 11.3 Å². The SMILES string of the molecule is COC[C@H](C)S(=O)(=O)NC(=O)c1cccc(-c2csc(C)n2)c1. The van der Waals surface area contributed by atoms with Crippen molar-refractivity contribution in [1.29, 1.82) is 0 Å². The van der Waals surface area contributed by atoms with Crippen LogP contribution in [0, 0.1) is 6.92 Å². The number of carbonyl (C=O) groups is 1. The van der Waals surface area contributed by atoms with Crippen LogP contribution in [0.25, 0.3) is 11.3 Å². The van der Waals surface area contributed by atoms with E-state index < -0.39 is 21.2 Å². The van der Waals surface area contributed by atoms with Crippen LogP contribution in [0.5, 0.6) is 0 Å². The minimum Gasteiger partial charge on any atom is -0.383 e. The van der Waals surface area contributed by atoms with Crippen LogP contribution in [0.15, 0.2) is 29.6 Å². The number of aryl methyl sites for hydroxylation is 1. The molecular formula is C15H18N2O4S2. The zero-order valence-corrected chi connectivity index (χ0v) is 14.7. The number of ether oxygens (including phenoxy) is 1. The highest BCUT2D eigenvalue weighted by atomic mass is 32.2. The third kappa shape index (κ3) is 4.37. The molecule has 0 saturated carbocycles. The molecule has 0 aliphatic heterocycles. The highest BCUT2D eigenvalue weighted by Gasteiger charge is 2.23. The minimum absolute atomic E-state index is 0.0146. The van der Waals surface area contributed by atoms with E-state index in [2.05, 4.69) is 9.71 Å². The summed E-state index contributed by atoms with van der Waals surface area (Å²) < 4.78 is 31.0. The molecule has 8 heteroatoms. The second-order valence-corrected chi connectivity index (χ2v) is 8.24. The van der Waals surface area contributed by atoms with E-state index in [1.54, 1.807) is 18.2 Å². The number of amides is 1. The molecular weight excluding hydrogens is 336 g/mol. The van der Waals surface area contributed by atoms with Crippen LogP contribution in [0.4, 0.5) is 0 Å². The standard InChI is InChI=1S/C15H18N2O4S2/c1-10(8-21-3)23(19,20)17-15(18)13-6-4-5-12(7-13)14-9-22-11(2)16-14/h4-7,9-10H,8H2,1-3H3,(H,17,18)/t10-/m0/s1. The molecule has 2 aromatic rings. The summed E-state index contributed by atoms with van der Waals surface area (Å²) in [5.74, 6) is -0.665. The van der Waals surface area contributed by atoms with Gasteiger partial charge in [-0.15, -0.1) is 11.3 Å². The number of hydrogen-bond donors (Lipinski definition) is 1. The van der Waals surface area contributed by atoms with Crippen molar-refractivity contribution in [2.45, 2.75) is 19.1 Å². The number of carbonyl (C=O) groups excluding carboxylic acids is 1. The molecule has 0 fully saturated rings. The normalized spacial score (nSPS) is 12.8. The number of aromatic nitrogens is 1. The van der Waals surface area contributed by atoms with Gasteiger partial charge >= 0.3 is 0 Å². The van der Waals surface area contributed by atoms with Gasteiger partial charge in [-0.2, -0.15) is 0 Å².